The summed E-state index contributed by atoms with van der Waals surface area (Å²) in [5.74, 6) is -0.413. The van der Waals surface area contributed by atoms with Crippen LogP contribution in [0.2, 0.25) is 10.0 Å². The molecule has 3 aromatic rings. The van der Waals surface area contributed by atoms with Crippen molar-refractivity contribution in [3.8, 4) is 5.75 Å². The van der Waals surface area contributed by atoms with E-state index in [1.54, 1.807) is 61.5 Å². The quantitative estimate of drug-likeness (QED) is 0.275. The smallest absolute Gasteiger partial charge is 0.264 e. The van der Waals surface area contributed by atoms with Gasteiger partial charge in [-0.1, -0.05) is 47.0 Å². The van der Waals surface area contributed by atoms with Crippen molar-refractivity contribution < 1.29 is 22.7 Å². The summed E-state index contributed by atoms with van der Waals surface area (Å²) in [6.07, 6.45) is 0. The Morgan fingerprint density at radius 1 is 0.927 bits per heavy atom. The van der Waals surface area contributed by atoms with Crippen molar-refractivity contribution in [1.29, 1.82) is 0 Å². The maximum absolute atomic E-state index is 14.0. The monoisotopic (exact) mass is 619 g/mol. The van der Waals surface area contributed by atoms with Gasteiger partial charge in [-0.15, -0.1) is 0 Å². The van der Waals surface area contributed by atoms with Gasteiger partial charge in [-0.05, 0) is 88.7 Å². The first-order valence-electron chi connectivity index (χ1n) is 13.2. The van der Waals surface area contributed by atoms with Crippen molar-refractivity contribution in [2.45, 2.75) is 58.1 Å². The molecule has 0 saturated heterocycles. The number of carbonyl (C=O) groups excluding carboxylic acids is 2. The lowest BCUT2D eigenvalue weighted by molar-refractivity contribution is -0.139. The van der Waals surface area contributed by atoms with E-state index in [1.165, 1.54) is 17.0 Å². The van der Waals surface area contributed by atoms with Crippen LogP contribution in [0.1, 0.15) is 38.8 Å². The average Bonchev–Trinajstić information content (AvgIpc) is 2.92. The Balaban J connectivity index is 2.03. The van der Waals surface area contributed by atoms with Crippen LogP contribution in [0, 0.1) is 6.92 Å². The number of rotatable bonds is 12. The largest absolute Gasteiger partial charge is 0.494 e. The third-order valence-electron chi connectivity index (χ3n) is 6.26. The highest BCUT2D eigenvalue weighted by Gasteiger charge is 2.32. The molecule has 0 unspecified atom stereocenters. The number of hydrogen-bond acceptors (Lipinski definition) is 5. The van der Waals surface area contributed by atoms with E-state index in [9.17, 15) is 18.0 Å². The van der Waals surface area contributed by atoms with Crippen molar-refractivity contribution >= 4 is 50.7 Å². The lowest BCUT2D eigenvalue weighted by Crippen LogP contribution is -2.52. The molecule has 0 aromatic heterocycles. The first kappa shape index (κ1) is 32.2. The van der Waals surface area contributed by atoms with Gasteiger partial charge in [0.15, 0.2) is 0 Å². The van der Waals surface area contributed by atoms with E-state index in [2.05, 4.69) is 5.32 Å². The first-order valence-corrected chi connectivity index (χ1v) is 15.4. The van der Waals surface area contributed by atoms with Crippen LogP contribution in [0.25, 0.3) is 0 Å². The summed E-state index contributed by atoms with van der Waals surface area (Å²) in [5.41, 5.74) is 1.87. The Morgan fingerprint density at radius 2 is 1.56 bits per heavy atom. The van der Waals surface area contributed by atoms with Crippen LogP contribution in [-0.2, 0) is 26.2 Å². The number of nitrogens with zero attached hydrogens (tertiary/aromatic N) is 2. The topological polar surface area (TPSA) is 96.0 Å². The van der Waals surface area contributed by atoms with Crippen molar-refractivity contribution in [2.75, 3.05) is 17.5 Å². The van der Waals surface area contributed by atoms with Crippen LogP contribution in [0.4, 0.5) is 5.69 Å². The number of halogens is 2. The fraction of sp³-hybridized carbons (Fsp3) is 0.333. The third kappa shape index (κ3) is 8.38. The molecule has 0 spiro atoms. The van der Waals surface area contributed by atoms with Gasteiger partial charge in [0.1, 0.15) is 18.3 Å². The van der Waals surface area contributed by atoms with Gasteiger partial charge >= 0.3 is 0 Å². The molecule has 1 atom stereocenters. The van der Waals surface area contributed by atoms with Crippen LogP contribution >= 0.6 is 23.2 Å². The Kier molecular flexibility index (Phi) is 11.1. The molecule has 0 aliphatic heterocycles. The van der Waals surface area contributed by atoms with Gasteiger partial charge in [0.05, 0.1) is 27.2 Å². The van der Waals surface area contributed by atoms with Crippen LogP contribution < -0.4 is 14.4 Å². The minimum atomic E-state index is -4.19. The van der Waals surface area contributed by atoms with Crippen LogP contribution in [0.15, 0.2) is 71.6 Å². The molecule has 41 heavy (non-hydrogen) atoms. The van der Waals surface area contributed by atoms with Gasteiger partial charge in [0.2, 0.25) is 11.8 Å². The number of hydrogen-bond donors (Lipinski definition) is 1. The predicted molar refractivity (Wildman–Crippen MR) is 163 cm³/mol. The summed E-state index contributed by atoms with van der Waals surface area (Å²) in [6, 6.07) is 16.7. The second-order valence-corrected chi connectivity index (χ2v) is 12.5. The normalized spacial score (nSPS) is 12.1. The number of nitrogens with one attached hydrogen (secondary N) is 1. The highest BCUT2D eigenvalue weighted by molar-refractivity contribution is 7.92. The van der Waals surface area contributed by atoms with E-state index in [0.717, 1.165) is 9.87 Å². The fourth-order valence-electron chi connectivity index (χ4n) is 4.06. The fourth-order valence-corrected chi connectivity index (χ4v) is 5.80. The van der Waals surface area contributed by atoms with E-state index in [1.807, 2.05) is 27.7 Å². The number of aryl methyl sites for hydroxylation is 1. The van der Waals surface area contributed by atoms with E-state index in [-0.39, 0.29) is 23.4 Å². The lowest BCUT2D eigenvalue weighted by atomic mass is 10.1. The summed E-state index contributed by atoms with van der Waals surface area (Å²) in [6.45, 7) is 8.86. The molecule has 0 fully saturated rings. The zero-order valence-electron chi connectivity index (χ0n) is 23.7. The van der Waals surface area contributed by atoms with E-state index in [4.69, 9.17) is 27.9 Å². The standard InChI is InChI=1S/C30H35Cl2N3O5S/c1-6-40-25-12-14-26(15-13-25)41(38,39)35(24-10-7-21(4)8-11-24)19-29(36)34(22(5)30(37)33-20(2)3)18-23-9-16-27(31)28(32)17-23/h7-17,20,22H,6,18-19H2,1-5H3,(H,33,37)/t22-/m0/s1. The molecule has 11 heteroatoms. The molecule has 0 aliphatic carbocycles. The second kappa shape index (κ2) is 14.1. The third-order valence-corrected chi connectivity index (χ3v) is 8.79. The van der Waals surface area contributed by atoms with E-state index < -0.39 is 28.5 Å². The number of ether oxygens (including phenoxy) is 1. The van der Waals surface area contributed by atoms with Gasteiger partial charge in [-0.25, -0.2) is 8.42 Å². The molecule has 0 bridgehead atoms. The number of anilines is 1. The Bertz CT molecular complexity index is 1460. The average molecular weight is 621 g/mol. The highest BCUT2D eigenvalue weighted by Crippen LogP contribution is 2.27. The lowest BCUT2D eigenvalue weighted by Gasteiger charge is -2.32. The maximum Gasteiger partial charge on any atom is 0.264 e. The summed E-state index contributed by atoms with van der Waals surface area (Å²) in [4.78, 5) is 28.3. The highest BCUT2D eigenvalue weighted by atomic mass is 35.5. The minimum absolute atomic E-state index is 0.00374. The molecule has 0 heterocycles. The second-order valence-electron chi connectivity index (χ2n) is 9.86. The van der Waals surface area contributed by atoms with Gasteiger partial charge in [0, 0.05) is 12.6 Å². The molecule has 3 aromatic carbocycles. The SMILES string of the molecule is CCOc1ccc(S(=O)(=O)N(CC(=O)N(Cc2ccc(Cl)c(Cl)c2)[C@@H](C)C(=O)NC(C)C)c2ccc(C)cc2)cc1. The summed E-state index contributed by atoms with van der Waals surface area (Å²) < 4.78 is 34.4. The predicted octanol–water partition coefficient (Wildman–Crippen LogP) is 5.84. The molecule has 0 radical (unpaired) electrons. The maximum atomic E-state index is 14.0. The van der Waals surface area contributed by atoms with Crippen molar-refractivity contribution in [3.05, 3.63) is 87.9 Å². The van der Waals surface area contributed by atoms with Crippen LogP contribution in [0.3, 0.4) is 0 Å². The Morgan fingerprint density at radius 3 is 2.12 bits per heavy atom. The van der Waals surface area contributed by atoms with E-state index in [0.29, 0.717) is 33.7 Å². The molecular formula is C30H35Cl2N3O5S. The summed E-state index contributed by atoms with van der Waals surface area (Å²) >= 11 is 12.3. The molecule has 2 amide bonds. The van der Waals surface area contributed by atoms with Gasteiger partial charge in [0.25, 0.3) is 10.0 Å². The van der Waals surface area contributed by atoms with Gasteiger partial charge in [-0.2, -0.15) is 0 Å². The molecule has 0 aliphatic rings. The molecule has 0 saturated carbocycles. The molecule has 220 valence electrons. The van der Waals surface area contributed by atoms with Crippen LogP contribution in [0.5, 0.6) is 5.75 Å². The number of sulfonamides is 1. The summed E-state index contributed by atoms with van der Waals surface area (Å²) in [5, 5.41) is 3.48. The van der Waals surface area contributed by atoms with Crippen LogP contribution in [-0.4, -0.2) is 50.4 Å². The number of carbonyl (C=O) groups is 2. The van der Waals surface area contributed by atoms with Crippen molar-refractivity contribution in [1.82, 2.24) is 10.2 Å². The molecule has 3 rings (SSSR count). The summed E-state index contributed by atoms with van der Waals surface area (Å²) in [7, 11) is -4.19. The molecule has 1 N–H and O–H groups in total. The van der Waals surface area contributed by atoms with Gasteiger partial charge in [-0.3, -0.25) is 13.9 Å². The van der Waals surface area contributed by atoms with Crippen molar-refractivity contribution in [3.63, 3.8) is 0 Å². The molecule has 8 nitrogen and oxygen atoms in total. The minimum Gasteiger partial charge on any atom is -0.494 e. The Labute approximate surface area is 252 Å². The number of benzene rings is 3. The van der Waals surface area contributed by atoms with Crippen molar-refractivity contribution in [2.24, 2.45) is 0 Å². The number of amides is 2. The Hall–Kier alpha value is -3.27. The zero-order valence-corrected chi connectivity index (χ0v) is 26.1. The first-order chi connectivity index (χ1) is 19.3. The van der Waals surface area contributed by atoms with Gasteiger partial charge < -0.3 is 15.0 Å². The zero-order chi connectivity index (χ0) is 30.3. The molecular weight excluding hydrogens is 585 g/mol. The van der Waals surface area contributed by atoms with E-state index >= 15 is 0 Å².